The minimum atomic E-state index is -0.880. The summed E-state index contributed by atoms with van der Waals surface area (Å²) in [6.07, 6.45) is 2.51. The van der Waals surface area contributed by atoms with Gasteiger partial charge in [-0.2, -0.15) is 0 Å². The second kappa shape index (κ2) is 5.48. The fraction of sp³-hybridized carbons (Fsp3) is 0.667. The molecule has 1 aliphatic rings. The van der Waals surface area contributed by atoms with Gasteiger partial charge in [-0.3, -0.25) is 9.59 Å². The van der Waals surface area contributed by atoms with E-state index in [0.29, 0.717) is 25.8 Å². The molecular formula is C12H18N4O4. The first-order valence-corrected chi connectivity index (χ1v) is 6.61. The fourth-order valence-electron chi connectivity index (χ4n) is 2.76. The van der Waals surface area contributed by atoms with Crippen molar-refractivity contribution >= 4 is 17.7 Å². The third-order valence-electron chi connectivity index (χ3n) is 3.76. The van der Waals surface area contributed by atoms with Crippen LogP contribution in [0, 0.1) is 5.41 Å². The molecule has 1 saturated heterocycles. The average Bonchev–Trinajstić information content (AvgIpc) is 2.84. The number of nitrogens with zero attached hydrogens (tertiary/aromatic N) is 3. The number of nitrogens with two attached hydrogens (primary N) is 1. The predicted molar refractivity (Wildman–Crippen MR) is 68.8 cm³/mol. The van der Waals surface area contributed by atoms with E-state index in [1.54, 1.807) is 0 Å². The van der Waals surface area contributed by atoms with Gasteiger partial charge in [0.15, 0.2) is 0 Å². The minimum Gasteiger partial charge on any atom is -0.481 e. The zero-order valence-electron chi connectivity index (χ0n) is 11.3. The molecule has 2 heterocycles. The van der Waals surface area contributed by atoms with Crippen molar-refractivity contribution in [3.05, 3.63) is 5.69 Å². The number of hydrogen-bond acceptors (Lipinski definition) is 6. The number of anilines is 1. The smallest absolute Gasteiger partial charge is 0.311 e. The van der Waals surface area contributed by atoms with Gasteiger partial charge in [-0.1, -0.05) is 13.3 Å². The molecule has 8 nitrogen and oxygen atoms in total. The highest BCUT2D eigenvalue weighted by Gasteiger charge is 2.43. The Labute approximate surface area is 115 Å². The highest BCUT2D eigenvalue weighted by atomic mass is 16.6. The zero-order chi connectivity index (χ0) is 14.8. The monoisotopic (exact) mass is 282 g/mol. The van der Waals surface area contributed by atoms with E-state index in [4.69, 9.17) is 5.73 Å². The molecule has 1 fully saturated rings. The van der Waals surface area contributed by atoms with Crippen molar-refractivity contribution in [1.82, 2.24) is 15.2 Å². The van der Waals surface area contributed by atoms with Crippen molar-refractivity contribution in [2.24, 2.45) is 5.41 Å². The number of aliphatic carboxylic acids is 1. The van der Waals surface area contributed by atoms with Crippen molar-refractivity contribution in [2.45, 2.75) is 32.6 Å². The van der Waals surface area contributed by atoms with Gasteiger partial charge in [0.2, 0.25) is 11.5 Å². The number of carbonyl (C=O) groups is 2. The maximum Gasteiger partial charge on any atom is 0.311 e. The van der Waals surface area contributed by atoms with E-state index in [2.05, 4.69) is 14.9 Å². The molecule has 1 atom stereocenters. The first-order chi connectivity index (χ1) is 9.50. The Morgan fingerprint density at radius 3 is 2.80 bits per heavy atom. The number of nitrogen functional groups attached to an aromatic ring is 1. The van der Waals surface area contributed by atoms with E-state index in [1.165, 1.54) is 4.90 Å². The van der Waals surface area contributed by atoms with Crippen LogP contribution >= 0.6 is 0 Å². The van der Waals surface area contributed by atoms with E-state index < -0.39 is 17.3 Å². The number of carboxylic acid groups (broad SMARTS) is 1. The molecule has 0 radical (unpaired) electrons. The number of aromatic nitrogens is 2. The molecule has 1 aliphatic heterocycles. The lowest BCUT2D eigenvalue weighted by Crippen LogP contribution is -2.50. The van der Waals surface area contributed by atoms with Crippen LogP contribution < -0.4 is 5.73 Å². The third-order valence-corrected chi connectivity index (χ3v) is 3.76. The van der Waals surface area contributed by atoms with E-state index in [9.17, 15) is 14.7 Å². The highest BCUT2D eigenvalue weighted by Crippen LogP contribution is 2.35. The van der Waals surface area contributed by atoms with Crippen molar-refractivity contribution in [3.63, 3.8) is 0 Å². The van der Waals surface area contributed by atoms with Gasteiger partial charge in [-0.15, -0.1) is 0 Å². The summed E-state index contributed by atoms with van der Waals surface area (Å²) < 4.78 is 4.42. The summed E-state index contributed by atoms with van der Waals surface area (Å²) in [5.41, 5.74) is 4.57. The van der Waals surface area contributed by atoms with E-state index in [1.807, 2.05) is 6.92 Å². The van der Waals surface area contributed by atoms with Crippen molar-refractivity contribution < 1.29 is 19.3 Å². The number of carbonyl (C=O) groups excluding carboxylic acids is 1. The molecule has 0 saturated carbocycles. The lowest BCUT2D eigenvalue weighted by Gasteiger charge is -2.39. The first-order valence-electron chi connectivity index (χ1n) is 6.61. The standard InChI is InChI=1S/C12H18N4O4/c1-2-4-12(11(18)19)5-3-6-16(7-12)10(17)8-9(13)15-20-14-8/h2-7H2,1H3,(H2,13,15)(H,18,19). The van der Waals surface area contributed by atoms with Crippen molar-refractivity contribution in [2.75, 3.05) is 18.8 Å². The second-order valence-electron chi connectivity index (χ2n) is 5.16. The zero-order valence-corrected chi connectivity index (χ0v) is 11.3. The molecule has 0 bridgehead atoms. The molecule has 1 aromatic rings. The Balaban J connectivity index is 2.20. The first kappa shape index (κ1) is 14.3. The summed E-state index contributed by atoms with van der Waals surface area (Å²) in [7, 11) is 0. The largest absolute Gasteiger partial charge is 0.481 e. The molecule has 0 aromatic carbocycles. The van der Waals surface area contributed by atoms with Crippen LogP contribution in [0.2, 0.25) is 0 Å². The van der Waals surface area contributed by atoms with Crippen LogP contribution in [0.4, 0.5) is 5.82 Å². The van der Waals surface area contributed by atoms with Crippen molar-refractivity contribution in [3.8, 4) is 0 Å². The lowest BCUT2D eigenvalue weighted by molar-refractivity contribution is -0.152. The molecule has 8 heteroatoms. The molecule has 1 amide bonds. The molecule has 20 heavy (non-hydrogen) atoms. The highest BCUT2D eigenvalue weighted by molar-refractivity contribution is 5.96. The molecule has 3 N–H and O–H groups in total. The number of hydrogen-bond donors (Lipinski definition) is 2. The van der Waals surface area contributed by atoms with Gasteiger partial charge in [-0.25, -0.2) is 4.63 Å². The Kier molecular flexibility index (Phi) is 3.91. The summed E-state index contributed by atoms with van der Waals surface area (Å²) in [4.78, 5) is 25.3. The van der Waals surface area contributed by atoms with E-state index >= 15 is 0 Å². The Hall–Kier alpha value is -2.12. The van der Waals surface area contributed by atoms with Crippen LogP contribution in [0.15, 0.2) is 4.63 Å². The third kappa shape index (κ3) is 2.45. The predicted octanol–water partition coefficient (Wildman–Crippen LogP) is 0.759. The summed E-state index contributed by atoms with van der Waals surface area (Å²) >= 11 is 0. The van der Waals surface area contributed by atoms with Gasteiger partial charge in [0, 0.05) is 13.1 Å². The van der Waals surface area contributed by atoms with Crippen LogP contribution in [-0.4, -0.2) is 45.3 Å². The summed E-state index contributed by atoms with van der Waals surface area (Å²) in [5, 5.41) is 16.3. The van der Waals surface area contributed by atoms with Gasteiger partial charge in [0.25, 0.3) is 5.91 Å². The molecule has 0 aliphatic carbocycles. The number of amides is 1. The molecule has 0 spiro atoms. The van der Waals surface area contributed by atoms with Gasteiger partial charge in [0.05, 0.1) is 5.41 Å². The normalized spacial score (nSPS) is 22.8. The maximum absolute atomic E-state index is 12.3. The SMILES string of the molecule is CCCC1(C(=O)O)CCCN(C(=O)c2nonc2N)C1. The number of piperidine rings is 1. The molecule has 110 valence electrons. The van der Waals surface area contributed by atoms with E-state index in [-0.39, 0.29) is 18.1 Å². The number of carboxylic acids is 1. The summed E-state index contributed by atoms with van der Waals surface area (Å²) in [5.74, 6) is -1.36. The van der Waals surface area contributed by atoms with Crippen LogP contribution in [0.3, 0.4) is 0 Å². The van der Waals surface area contributed by atoms with E-state index in [0.717, 1.165) is 6.42 Å². The Morgan fingerprint density at radius 2 is 2.25 bits per heavy atom. The van der Waals surface area contributed by atoms with Crippen LogP contribution in [0.5, 0.6) is 0 Å². The van der Waals surface area contributed by atoms with Gasteiger partial charge < -0.3 is 15.7 Å². The minimum absolute atomic E-state index is 0.0531. The van der Waals surface area contributed by atoms with Crippen LogP contribution in [0.25, 0.3) is 0 Å². The van der Waals surface area contributed by atoms with Gasteiger partial charge >= 0.3 is 5.97 Å². The molecule has 1 unspecified atom stereocenters. The quantitative estimate of drug-likeness (QED) is 0.835. The number of rotatable bonds is 4. The maximum atomic E-state index is 12.3. The van der Waals surface area contributed by atoms with Gasteiger partial charge in [0.1, 0.15) is 0 Å². The topological polar surface area (TPSA) is 123 Å². The fourth-order valence-corrected chi connectivity index (χ4v) is 2.76. The van der Waals surface area contributed by atoms with Gasteiger partial charge in [-0.05, 0) is 29.6 Å². The van der Waals surface area contributed by atoms with Crippen molar-refractivity contribution in [1.29, 1.82) is 0 Å². The Bertz CT molecular complexity index is 511. The van der Waals surface area contributed by atoms with Crippen LogP contribution in [0.1, 0.15) is 43.1 Å². The van der Waals surface area contributed by atoms with Crippen LogP contribution in [-0.2, 0) is 4.79 Å². The average molecular weight is 282 g/mol. The summed E-state index contributed by atoms with van der Waals surface area (Å²) in [6, 6.07) is 0. The lowest BCUT2D eigenvalue weighted by atomic mass is 9.76. The summed E-state index contributed by atoms with van der Waals surface area (Å²) in [6.45, 7) is 2.59. The molecular weight excluding hydrogens is 264 g/mol. The molecule has 2 rings (SSSR count). The Morgan fingerprint density at radius 1 is 1.50 bits per heavy atom. The number of likely N-dealkylation sites (tertiary alicyclic amines) is 1. The second-order valence-corrected chi connectivity index (χ2v) is 5.16. The molecule has 1 aromatic heterocycles.